The largest absolute Gasteiger partial charge is 0.480 e. The predicted molar refractivity (Wildman–Crippen MR) is 150 cm³/mol. The van der Waals surface area contributed by atoms with Crippen LogP contribution in [0.3, 0.4) is 0 Å². The molecule has 0 bridgehead atoms. The third kappa shape index (κ3) is 5.57. The number of likely N-dealkylation sites (tertiary alicyclic amines) is 1. The zero-order valence-corrected chi connectivity index (χ0v) is 23.1. The molecule has 1 saturated heterocycles. The van der Waals surface area contributed by atoms with E-state index in [0.29, 0.717) is 19.1 Å². The Morgan fingerprint density at radius 3 is 2.76 bits per heavy atom. The molecule has 0 aliphatic carbocycles. The highest BCUT2D eigenvalue weighted by Gasteiger charge is 2.39. The van der Waals surface area contributed by atoms with Gasteiger partial charge in [0.05, 0.1) is 17.3 Å². The highest BCUT2D eigenvalue weighted by Crippen LogP contribution is 2.37. The molecule has 0 saturated carbocycles. The molecule has 8 nitrogen and oxygen atoms in total. The molecule has 1 fully saturated rings. The SMILES string of the molecule is Cn1nc(C(C)(C)C)c2c(C(C(=O)O)N3CC(OCCCCCC4CCc5cccnc5N4)C3)cccc21. The fraction of sp³-hybridized carbons (Fsp3) is 0.567. The predicted octanol–water partition coefficient (Wildman–Crippen LogP) is 5.08. The number of carbonyl (C=O) groups is 1. The van der Waals surface area contributed by atoms with Crippen LogP contribution in [0.1, 0.15) is 75.7 Å². The maximum atomic E-state index is 12.5. The standard InChI is InChI=1S/C30H41N5O3/c1-30(2,3)27-25-23(12-8-13-24(25)34(4)33-27)26(29(36)37)35-18-22(19-35)38-17-7-5-6-11-21-15-14-20-10-9-16-31-28(20)32-21/h8-10,12-13,16,21-22,26H,5-7,11,14-15,17-19H2,1-4H3,(H,31,32)(H,36,37). The summed E-state index contributed by atoms with van der Waals surface area (Å²) in [6, 6.07) is 9.87. The van der Waals surface area contributed by atoms with Gasteiger partial charge in [0.2, 0.25) is 0 Å². The average molecular weight is 520 g/mol. The van der Waals surface area contributed by atoms with Gasteiger partial charge in [-0.1, -0.05) is 51.8 Å². The van der Waals surface area contributed by atoms with Crippen LogP contribution in [-0.2, 0) is 28.4 Å². The van der Waals surface area contributed by atoms with E-state index in [9.17, 15) is 9.90 Å². The Labute approximate surface area is 225 Å². The van der Waals surface area contributed by atoms with E-state index in [1.165, 1.54) is 18.4 Å². The third-order valence-electron chi connectivity index (χ3n) is 7.94. The van der Waals surface area contributed by atoms with Gasteiger partial charge in [-0.15, -0.1) is 0 Å². The first-order valence-corrected chi connectivity index (χ1v) is 14.0. The zero-order valence-electron chi connectivity index (χ0n) is 23.1. The molecule has 38 heavy (non-hydrogen) atoms. The highest BCUT2D eigenvalue weighted by molar-refractivity contribution is 5.91. The van der Waals surface area contributed by atoms with Crippen LogP contribution in [0.5, 0.6) is 0 Å². The van der Waals surface area contributed by atoms with Gasteiger partial charge in [0.15, 0.2) is 0 Å². The topological polar surface area (TPSA) is 92.5 Å². The molecule has 204 valence electrons. The van der Waals surface area contributed by atoms with Gasteiger partial charge in [-0.05, 0) is 48.9 Å². The quantitative estimate of drug-likeness (QED) is 0.361. The normalized spacial score (nSPS) is 19.1. The Hall–Kier alpha value is -2.97. The number of aromatic nitrogens is 3. The van der Waals surface area contributed by atoms with Crippen molar-refractivity contribution < 1.29 is 14.6 Å². The molecule has 2 unspecified atom stereocenters. The Morgan fingerprint density at radius 2 is 2.00 bits per heavy atom. The first-order chi connectivity index (χ1) is 18.2. The summed E-state index contributed by atoms with van der Waals surface area (Å²) >= 11 is 0. The van der Waals surface area contributed by atoms with Crippen molar-refractivity contribution in [2.24, 2.45) is 7.05 Å². The summed E-state index contributed by atoms with van der Waals surface area (Å²) in [5, 5.41) is 19.5. The number of carboxylic acids is 1. The number of fused-ring (bicyclic) bond motifs is 2. The number of benzene rings is 1. The van der Waals surface area contributed by atoms with E-state index in [-0.39, 0.29) is 11.5 Å². The highest BCUT2D eigenvalue weighted by atomic mass is 16.5. The summed E-state index contributed by atoms with van der Waals surface area (Å²) in [5.41, 5.74) is 3.86. The lowest BCUT2D eigenvalue weighted by Crippen LogP contribution is -2.55. The number of pyridine rings is 1. The second-order valence-corrected chi connectivity index (χ2v) is 11.9. The second-order valence-electron chi connectivity index (χ2n) is 11.9. The van der Waals surface area contributed by atoms with E-state index in [4.69, 9.17) is 9.84 Å². The molecular formula is C30H41N5O3. The molecule has 0 amide bonds. The number of anilines is 1. The molecule has 3 aromatic rings. The van der Waals surface area contributed by atoms with Gasteiger partial charge in [-0.3, -0.25) is 14.4 Å². The van der Waals surface area contributed by atoms with Crippen LogP contribution in [-0.4, -0.2) is 62.6 Å². The van der Waals surface area contributed by atoms with Crippen LogP contribution in [0.15, 0.2) is 36.5 Å². The van der Waals surface area contributed by atoms with Crippen molar-refractivity contribution >= 4 is 22.7 Å². The van der Waals surface area contributed by atoms with Crippen LogP contribution in [0, 0.1) is 0 Å². The maximum absolute atomic E-state index is 12.5. The fourth-order valence-corrected chi connectivity index (χ4v) is 5.87. The maximum Gasteiger partial charge on any atom is 0.325 e. The van der Waals surface area contributed by atoms with E-state index in [1.54, 1.807) is 0 Å². The number of hydrogen-bond donors (Lipinski definition) is 2. The molecule has 1 aromatic carbocycles. The Kier molecular flexibility index (Phi) is 7.73. The number of ether oxygens (including phenoxy) is 1. The van der Waals surface area contributed by atoms with E-state index in [2.05, 4.69) is 37.1 Å². The number of unbranched alkanes of at least 4 members (excludes halogenated alkanes) is 2. The lowest BCUT2D eigenvalue weighted by molar-refractivity contribution is -0.150. The fourth-order valence-electron chi connectivity index (χ4n) is 5.87. The molecule has 2 aromatic heterocycles. The van der Waals surface area contributed by atoms with Crippen molar-refractivity contribution in [3.05, 3.63) is 53.3 Å². The van der Waals surface area contributed by atoms with Gasteiger partial charge < -0.3 is 15.2 Å². The minimum atomic E-state index is -0.825. The van der Waals surface area contributed by atoms with Crippen LogP contribution < -0.4 is 5.32 Å². The summed E-state index contributed by atoms with van der Waals surface area (Å²) in [6.07, 6.45) is 8.72. The van der Waals surface area contributed by atoms with Gasteiger partial charge in [0, 0.05) is 49.8 Å². The van der Waals surface area contributed by atoms with Gasteiger partial charge in [-0.2, -0.15) is 5.10 Å². The molecule has 0 spiro atoms. The molecule has 4 heterocycles. The number of carboxylic acid groups (broad SMARTS) is 1. The monoisotopic (exact) mass is 519 g/mol. The molecule has 0 radical (unpaired) electrons. The van der Waals surface area contributed by atoms with Crippen molar-refractivity contribution in [2.75, 3.05) is 25.0 Å². The number of rotatable bonds is 10. The van der Waals surface area contributed by atoms with Crippen LogP contribution in [0.4, 0.5) is 5.82 Å². The van der Waals surface area contributed by atoms with Crippen molar-refractivity contribution in [1.29, 1.82) is 0 Å². The number of aliphatic carboxylic acids is 1. The van der Waals surface area contributed by atoms with Gasteiger partial charge >= 0.3 is 5.97 Å². The van der Waals surface area contributed by atoms with Crippen LogP contribution in [0.2, 0.25) is 0 Å². The molecule has 2 aliphatic heterocycles. The van der Waals surface area contributed by atoms with Gasteiger partial charge in [0.25, 0.3) is 0 Å². The van der Waals surface area contributed by atoms with E-state index >= 15 is 0 Å². The molecule has 2 aliphatic rings. The zero-order chi connectivity index (χ0) is 26.9. The average Bonchev–Trinajstić information content (AvgIpc) is 3.21. The molecule has 2 N–H and O–H groups in total. The van der Waals surface area contributed by atoms with E-state index in [0.717, 1.165) is 60.3 Å². The number of nitrogens with zero attached hydrogens (tertiary/aromatic N) is 4. The van der Waals surface area contributed by atoms with Gasteiger partial charge in [-0.25, -0.2) is 4.98 Å². The molecule has 2 atom stereocenters. The third-order valence-corrected chi connectivity index (χ3v) is 7.94. The summed E-state index contributed by atoms with van der Waals surface area (Å²) < 4.78 is 7.97. The summed E-state index contributed by atoms with van der Waals surface area (Å²) in [6.45, 7) is 8.36. The minimum Gasteiger partial charge on any atom is -0.480 e. The summed E-state index contributed by atoms with van der Waals surface area (Å²) in [7, 11) is 1.92. The number of hydrogen-bond acceptors (Lipinski definition) is 6. The van der Waals surface area contributed by atoms with Crippen LogP contribution >= 0.6 is 0 Å². The van der Waals surface area contributed by atoms with Crippen molar-refractivity contribution in [1.82, 2.24) is 19.7 Å². The number of nitrogens with one attached hydrogen (secondary N) is 1. The van der Waals surface area contributed by atoms with Crippen molar-refractivity contribution in [3.8, 4) is 0 Å². The number of aryl methyl sites for hydroxylation is 2. The first-order valence-electron chi connectivity index (χ1n) is 14.0. The molecular weight excluding hydrogens is 478 g/mol. The van der Waals surface area contributed by atoms with Crippen molar-refractivity contribution in [2.45, 2.75) is 82.9 Å². The Balaban J connectivity index is 1.09. The van der Waals surface area contributed by atoms with Crippen LogP contribution in [0.25, 0.3) is 10.9 Å². The van der Waals surface area contributed by atoms with E-state index in [1.807, 2.05) is 47.1 Å². The lowest BCUT2D eigenvalue weighted by atomic mass is 9.86. The molecule has 8 heteroatoms. The Morgan fingerprint density at radius 1 is 1.18 bits per heavy atom. The first kappa shape index (κ1) is 26.6. The minimum absolute atomic E-state index is 0.0922. The lowest BCUT2D eigenvalue weighted by Gasteiger charge is -2.42. The van der Waals surface area contributed by atoms with E-state index < -0.39 is 12.0 Å². The molecule has 5 rings (SSSR count). The van der Waals surface area contributed by atoms with Crippen molar-refractivity contribution in [3.63, 3.8) is 0 Å². The smallest absolute Gasteiger partial charge is 0.325 e. The summed E-state index contributed by atoms with van der Waals surface area (Å²) in [4.78, 5) is 18.9. The Bertz CT molecular complexity index is 1270. The van der Waals surface area contributed by atoms with Gasteiger partial charge in [0.1, 0.15) is 11.9 Å². The second kappa shape index (κ2) is 11.0. The summed E-state index contributed by atoms with van der Waals surface area (Å²) in [5.74, 6) is 0.226.